The number of hydrogen-bond donors (Lipinski definition) is 0. The van der Waals surface area contributed by atoms with Gasteiger partial charge in [-0.25, -0.2) is 9.78 Å². The molecule has 0 N–H and O–H groups in total. The highest BCUT2D eigenvalue weighted by atomic mass is 16.5. The Morgan fingerprint density at radius 2 is 2.09 bits per heavy atom. The molecule has 1 heterocycles. The van der Waals surface area contributed by atoms with Crippen LogP contribution in [0.2, 0.25) is 0 Å². The monoisotopic (exact) mass is 300 g/mol. The zero-order valence-corrected chi connectivity index (χ0v) is 13.1. The Morgan fingerprint density at radius 3 is 2.73 bits per heavy atom. The average molecular weight is 300 g/mol. The SMILES string of the molecule is CCOC(=O)c1ccc(N(C)Cc2cccc(OC)c2)nc1. The smallest absolute Gasteiger partial charge is 0.339 e. The van der Waals surface area contributed by atoms with Crippen molar-refractivity contribution in [3.8, 4) is 5.75 Å². The largest absolute Gasteiger partial charge is 0.497 e. The molecule has 0 bridgehead atoms. The van der Waals surface area contributed by atoms with Crippen molar-refractivity contribution in [3.63, 3.8) is 0 Å². The van der Waals surface area contributed by atoms with Gasteiger partial charge < -0.3 is 14.4 Å². The van der Waals surface area contributed by atoms with E-state index in [1.807, 2.05) is 42.3 Å². The van der Waals surface area contributed by atoms with Crippen molar-refractivity contribution in [2.45, 2.75) is 13.5 Å². The third-order valence-corrected chi connectivity index (χ3v) is 3.20. The van der Waals surface area contributed by atoms with E-state index in [2.05, 4.69) is 4.98 Å². The number of carbonyl (C=O) groups excluding carboxylic acids is 1. The lowest BCUT2D eigenvalue weighted by atomic mass is 10.2. The van der Waals surface area contributed by atoms with E-state index in [0.717, 1.165) is 17.1 Å². The van der Waals surface area contributed by atoms with Gasteiger partial charge in [-0.3, -0.25) is 0 Å². The number of carbonyl (C=O) groups is 1. The van der Waals surface area contributed by atoms with E-state index in [1.165, 1.54) is 6.20 Å². The van der Waals surface area contributed by atoms with E-state index in [0.29, 0.717) is 18.7 Å². The van der Waals surface area contributed by atoms with Crippen LogP contribution in [0.1, 0.15) is 22.8 Å². The van der Waals surface area contributed by atoms with Gasteiger partial charge in [-0.2, -0.15) is 0 Å². The number of rotatable bonds is 6. The molecule has 0 aliphatic heterocycles. The molecule has 0 aliphatic carbocycles. The summed E-state index contributed by atoms with van der Waals surface area (Å²) in [7, 11) is 3.60. The molecule has 0 radical (unpaired) electrons. The minimum atomic E-state index is -0.350. The molecule has 2 aromatic rings. The molecule has 0 fully saturated rings. The number of anilines is 1. The van der Waals surface area contributed by atoms with Gasteiger partial charge in [0.15, 0.2) is 0 Å². The van der Waals surface area contributed by atoms with Crippen LogP contribution in [0.25, 0.3) is 0 Å². The lowest BCUT2D eigenvalue weighted by Gasteiger charge is -2.18. The third kappa shape index (κ3) is 3.97. The van der Waals surface area contributed by atoms with Gasteiger partial charge in [-0.15, -0.1) is 0 Å². The van der Waals surface area contributed by atoms with Crippen LogP contribution in [0.15, 0.2) is 42.6 Å². The number of esters is 1. The fraction of sp³-hybridized carbons (Fsp3) is 0.294. The highest BCUT2D eigenvalue weighted by Gasteiger charge is 2.09. The summed E-state index contributed by atoms with van der Waals surface area (Å²) in [6, 6.07) is 11.4. The minimum Gasteiger partial charge on any atom is -0.497 e. The van der Waals surface area contributed by atoms with Gasteiger partial charge in [0.05, 0.1) is 19.3 Å². The second-order valence-electron chi connectivity index (χ2n) is 4.83. The van der Waals surface area contributed by atoms with Gasteiger partial charge >= 0.3 is 5.97 Å². The summed E-state index contributed by atoms with van der Waals surface area (Å²) >= 11 is 0. The van der Waals surface area contributed by atoms with Crippen LogP contribution < -0.4 is 9.64 Å². The predicted molar refractivity (Wildman–Crippen MR) is 85.3 cm³/mol. The summed E-state index contributed by atoms with van der Waals surface area (Å²) in [5.41, 5.74) is 1.58. The van der Waals surface area contributed by atoms with E-state index in [9.17, 15) is 4.79 Å². The lowest BCUT2D eigenvalue weighted by Crippen LogP contribution is -2.18. The highest BCUT2D eigenvalue weighted by molar-refractivity contribution is 5.89. The maximum atomic E-state index is 11.6. The molecule has 5 nitrogen and oxygen atoms in total. The Morgan fingerprint density at radius 1 is 1.27 bits per heavy atom. The van der Waals surface area contributed by atoms with Crippen molar-refractivity contribution < 1.29 is 14.3 Å². The van der Waals surface area contributed by atoms with Crippen LogP contribution >= 0.6 is 0 Å². The molecule has 1 aromatic heterocycles. The topological polar surface area (TPSA) is 51.7 Å². The summed E-state index contributed by atoms with van der Waals surface area (Å²) in [5.74, 6) is 1.27. The molecule has 2 rings (SSSR count). The fourth-order valence-corrected chi connectivity index (χ4v) is 2.07. The molecule has 0 saturated heterocycles. The molecule has 1 aromatic carbocycles. The summed E-state index contributed by atoms with van der Waals surface area (Å²) in [4.78, 5) is 17.9. The van der Waals surface area contributed by atoms with Gasteiger partial charge in [0.1, 0.15) is 11.6 Å². The number of ether oxygens (including phenoxy) is 2. The van der Waals surface area contributed by atoms with E-state index in [1.54, 1.807) is 20.1 Å². The predicted octanol–water partition coefficient (Wildman–Crippen LogP) is 2.90. The quantitative estimate of drug-likeness (QED) is 0.768. The molecule has 0 saturated carbocycles. The van der Waals surface area contributed by atoms with Gasteiger partial charge in [-0.05, 0) is 36.8 Å². The first-order chi connectivity index (χ1) is 10.6. The van der Waals surface area contributed by atoms with Crippen molar-refractivity contribution in [1.29, 1.82) is 0 Å². The number of hydrogen-bond acceptors (Lipinski definition) is 5. The van der Waals surface area contributed by atoms with Gasteiger partial charge in [0, 0.05) is 19.8 Å². The van der Waals surface area contributed by atoms with Gasteiger partial charge in [0.25, 0.3) is 0 Å². The molecule has 0 unspecified atom stereocenters. The van der Waals surface area contributed by atoms with E-state index >= 15 is 0 Å². The van der Waals surface area contributed by atoms with E-state index < -0.39 is 0 Å². The normalized spacial score (nSPS) is 10.1. The Balaban J connectivity index is 2.06. The molecule has 0 atom stereocenters. The second kappa shape index (κ2) is 7.45. The molecular weight excluding hydrogens is 280 g/mol. The van der Waals surface area contributed by atoms with Crippen LogP contribution in [0, 0.1) is 0 Å². The fourth-order valence-electron chi connectivity index (χ4n) is 2.07. The number of methoxy groups -OCH3 is 1. The van der Waals surface area contributed by atoms with Crippen LogP contribution in [0.4, 0.5) is 5.82 Å². The summed E-state index contributed by atoms with van der Waals surface area (Å²) in [5, 5.41) is 0. The van der Waals surface area contributed by atoms with Crippen LogP contribution in [0.5, 0.6) is 5.75 Å². The Kier molecular flexibility index (Phi) is 5.36. The van der Waals surface area contributed by atoms with Gasteiger partial charge in [0.2, 0.25) is 0 Å². The summed E-state index contributed by atoms with van der Waals surface area (Å²) < 4.78 is 10.2. The minimum absolute atomic E-state index is 0.350. The van der Waals surface area contributed by atoms with Crippen molar-refractivity contribution in [2.24, 2.45) is 0 Å². The number of benzene rings is 1. The molecular formula is C17H20N2O3. The van der Waals surface area contributed by atoms with Crippen molar-refractivity contribution in [2.75, 3.05) is 25.7 Å². The first kappa shape index (κ1) is 15.8. The highest BCUT2D eigenvalue weighted by Crippen LogP contribution is 2.17. The zero-order valence-electron chi connectivity index (χ0n) is 13.1. The Hall–Kier alpha value is -2.56. The first-order valence-electron chi connectivity index (χ1n) is 7.11. The second-order valence-corrected chi connectivity index (χ2v) is 4.83. The van der Waals surface area contributed by atoms with Crippen molar-refractivity contribution in [3.05, 3.63) is 53.7 Å². The third-order valence-electron chi connectivity index (χ3n) is 3.20. The molecule has 0 amide bonds. The number of nitrogens with zero attached hydrogens (tertiary/aromatic N) is 2. The molecule has 116 valence electrons. The summed E-state index contributed by atoms with van der Waals surface area (Å²) in [6.45, 7) is 2.83. The summed E-state index contributed by atoms with van der Waals surface area (Å²) in [6.07, 6.45) is 1.54. The zero-order chi connectivity index (χ0) is 15.9. The van der Waals surface area contributed by atoms with Crippen LogP contribution in [-0.2, 0) is 11.3 Å². The van der Waals surface area contributed by atoms with Crippen LogP contribution in [0.3, 0.4) is 0 Å². The Labute approximate surface area is 130 Å². The maximum Gasteiger partial charge on any atom is 0.339 e. The van der Waals surface area contributed by atoms with Crippen LogP contribution in [-0.4, -0.2) is 31.7 Å². The standard InChI is InChI=1S/C17H20N2O3/c1-4-22-17(20)14-8-9-16(18-11-14)19(2)12-13-6-5-7-15(10-13)21-3/h5-11H,4,12H2,1-3H3. The molecule has 0 aliphatic rings. The Bertz CT molecular complexity index is 626. The first-order valence-corrected chi connectivity index (χ1v) is 7.11. The molecule has 22 heavy (non-hydrogen) atoms. The van der Waals surface area contributed by atoms with Crippen molar-refractivity contribution >= 4 is 11.8 Å². The molecule has 0 spiro atoms. The van der Waals surface area contributed by atoms with E-state index in [-0.39, 0.29) is 5.97 Å². The molecule has 5 heteroatoms. The number of aromatic nitrogens is 1. The lowest BCUT2D eigenvalue weighted by molar-refractivity contribution is 0.0526. The average Bonchev–Trinajstić information content (AvgIpc) is 2.55. The van der Waals surface area contributed by atoms with E-state index in [4.69, 9.17) is 9.47 Å². The van der Waals surface area contributed by atoms with Gasteiger partial charge in [-0.1, -0.05) is 12.1 Å². The van der Waals surface area contributed by atoms with Crippen molar-refractivity contribution in [1.82, 2.24) is 4.98 Å². The maximum absolute atomic E-state index is 11.6. The number of pyridine rings is 1.